The van der Waals surface area contributed by atoms with Crippen LogP contribution in [0.5, 0.6) is 11.5 Å². The molecule has 0 aliphatic heterocycles. The van der Waals surface area contributed by atoms with E-state index < -0.39 is 0 Å². The van der Waals surface area contributed by atoms with E-state index in [2.05, 4.69) is 18.2 Å². The van der Waals surface area contributed by atoms with Gasteiger partial charge in [0.2, 0.25) is 0 Å². The number of benzene rings is 2. The van der Waals surface area contributed by atoms with Crippen molar-refractivity contribution in [3.05, 3.63) is 59.8 Å². The fraction of sp³-hybridized carbons (Fsp3) is 0.400. The molecule has 30 heavy (non-hydrogen) atoms. The molecule has 0 bridgehead atoms. The van der Waals surface area contributed by atoms with Crippen molar-refractivity contribution in [3.8, 4) is 11.5 Å². The van der Waals surface area contributed by atoms with Gasteiger partial charge in [-0.15, -0.1) is 12.4 Å². The predicted molar refractivity (Wildman–Crippen MR) is 125 cm³/mol. The van der Waals surface area contributed by atoms with Crippen LogP contribution in [0.1, 0.15) is 54.4 Å². The van der Waals surface area contributed by atoms with E-state index in [0.29, 0.717) is 6.42 Å². The summed E-state index contributed by atoms with van der Waals surface area (Å²) in [5.74, 6) is 1.82. The van der Waals surface area contributed by atoms with Crippen LogP contribution < -0.4 is 9.47 Å². The molecule has 162 valence electrons. The lowest BCUT2D eigenvalue weighted by Gasteiger charge is -2.09. The number of ketones is 1. The van der Waals surface area contributed by atoms with E-state index in [1.54, 1.807) is 14.2 Å². The van der Waals surface area contributed by atoms with Crippen LogP contribution in [0, 0.1) is 0 Å². The number of Topliss-reactive ketones (excluding diaryl/α,β-unsaturated/α-hetero) is 1. The average Bonchev–Trinajstić information content (AvgIpc) is 3.09. The van der Waals surface area contributed by atoms with Gasteiger partial charge in [0.1, 0.15) is 0 Å². The predicted octanol–water partition coefficient (Wildman–Crippen LogP) is 6.38. The Bertz CT molecular complexity index is 964. The van der Waals surface area contributed by atoms with Gasteiger partial charge in [0.25, 0.3) is 0 Å². The van der Waals surface area contributed by atoms with E-state index in [0.717, 1.165) is 60.1 Å². The second kappa shape index (κ2) is 11.7. The van der Waals surface area contributed by atoms with Crippen LogP contribution in [-0.2, 0) is 13.5 Å². The number of nitrogens with zero attached hydrogens (tertiary/aromatic N) is 1. The quantitative estimate of drug-likeness (QED) is 0.262. The smallest absolute Gasteiger partial charge is 0.165 e. The lowest BCUT2D eigenvalue weighted by molar-refractivity contribution is 0.0980. The van der Waals surface area contributed by atoms with E-state index in [1.807, 2.05) is 42.1 Å². The lowest BCUT2D eigenvalue weighted by atomic mass is 10.0. The summed E-state index contributed by atoms with van der Waals surface area (Å²) in [6, 6.07) is 14.2. The second-order valence-corrected chi connectivity index (χ2v) is 7.55. The molecular weight excluding hydrogens is 398 g/mol. The number of hydrogen-bond donors (Lipinski definition) is 0. The maximum atomic E-state index is 12.6. The molecule has 1 aromatic heterocycles. The third-order valence-corrected chi connectivity index (χ3v) is 5.51. The summed E-state index contributed by atoms with van der Waals surface area (Å²) >= 11 is 0. The molecule has 5 heteroatoms. The molecule has 0 fully saturated rings. The molecule has 0 amide bonds. The van der Waals surface area contributed by atoms with Crippen LogP contribution in [0.4, 0.5) is 0 Å². The zero-order valence-electron chi connectivity index (χ0n) is 18.1. The highest BCUT2D eigenvalue weighted by Gasteiger charge is 2.13. The van der Waals surface area contributed by atoms with Gasteiger partial charge in [-0.25, -0.2) is 0 Å². The Hall–Kier alpha value is -2.46. The van der Waals surface area contributed by atoms with Gasteiger partial charge >= 0.3 is 0 Å². The standard InChI is InChI=1S/C25H31NO3.ClH/c1-26-18-21(20-12-9-10-13-22(20)26)23(27)14-8-6-4-5-7-11-19-15-16-24(28-2)25(17-19)29-3;/h9-10,12-13,15-18H,4-8,11,14H2,1-3H3;1H. The molecule has 0 saturated heterocycles. The minimum atomic E-state index is 0. The fourth-order valence-corrected chi connectivity index (χ4v) is 3.88. The highest BCUT2D eigenvalue weighted by Crippen LogP contribution is 2.28. The van der Waals surface area contributed by atoms with Crippen molar-refractivity contribution in [2.24, 2.45) is 7.05 Å². The number of unbranched alkanes of at least 4 members (excludes halogenated alkanes) is 4. The molecule has 0 aliphatic rings. The molecule has 0 aliphatic carbocycles. The molecule has 1 heterocycles. The van der Waals surface area contributed by atoms with Crippen molar-refractivity contribution in [3.63, 3.8) is 0 Å². The number of rotatable bonds is 11. The molecule has 0 N–H and O–H groups in total. The largest absolute Gasteiger partial charge is 0.493 e. The van der Waals surface area contributed by atoms with Crippen LogP contribution >= 0.6 is 12.4 Å². The minimum Gasteiger partial charge on any atom is -0.493 e. The zero-order valence-corrected chi connectivity index (χ0v) is 19.0. The Morgan fingerprint density at radius 1 is 0.900 bits per heavy atom. The number of aryl methyl sites for hydroxylation is 2. The Morgan fingerprint density at radius 2 is 1.60 bits per heavy atom. The van der Waals surface area contributed by atoms with Crippen molar-refractivity contribution in [2.45, 2.75) is 44.9 Å². The topological polar surface area (TPSA) is 40.5 Å². The first kappa shape index (κ1) is 23.8. The van der Waals surface area contributed by atoms with Crippen LogP contribution in [0.15, 0.2) is 48.7 Å². The van der Waals surface area contributed by atoms with Gasteiger partial charge in [0.15, 0.2) is 17.3 Å². The highest BCUT2D eigenvalue weighted by molar-refractivity contribution is 6.08. The summed E-state index contributed by atoms with van der Waals surface area (Å²) in [7, 11) is 5.32. The SMILES string of the molecule is COc1ccc(CCCCCCCC(=O)c2cn(C)c3ccccc23)cc1OC.Cl. The third kappa shape index (κ3) is 5.79. The first-order valence-corrected chi connectivity index (χ1v) is 10.4. The van der Waals surface area contributed by atoms with Crippen LogP contribution in [0.3, 0.4) is 0 Å². The number of aromatic nitrogens is 1. The first-order valence-electron chi connectivity index (χ1n) is 10.4. The monoisotopic (exact) mass is 429 g/mol. The minimum absolute atomic E-state index is 0. The Balaban J connectivity index is 0.00000320. The van der Waals surface area contributed by atoms with Gasteiger partial charge in [-0.2, -0.15) is 0 Å². The van der Waals surface area contributed by atoms with E-state index in [9.17, 15) is 4.79 Å². The van der Waals surface area contributed by atoms with Crippen LogP contribution in [-0.4, -0.2) is 24.6 Å². The zero-order chi connectivity index (χ0) is 20.6. The molecule has 4 nitrogen and oxygen atoms in total. The van der Waals surface area contributed by atoms with Crippen molar-refractivity contribution >= 4 is 29.1 Å². The number of hydrogen-bond acceptors (Lipinski definition) is 3. The molecule has 2 aromatic carbocycles. The molecule has 3 aromatic rings. The van der Waals surface area contributed by atoms with Gasteiger partial charge < -0.3 is 14.0 Å². The first-order chi connectivity index (χ1) is 14.1. The maximum absolute atomic E-state index is 12.6. The van der Waals surface area contributed by atoms with Gasteiger partial charge in [-0.1, -0.05) is 43.5 Å². The molecule has 0 radical (unpaired) electrons. The average molecular weight is 430 g/mol. The molecule has 0 atom stereocenters. The van der Waals surface area contributed by atoms with E-state index in [1.165, 1.54) is 12.0 Å². The van der Waals surface area contributed by atoms with E-state index >= 15 is 0 Å². The molecule has 3 rings (SSSR count). The van der Waals surface area contributed by atoms with Crippen molar-refractivity contribution in [1.29, 1.82) is 0 Å². The number of fused-ring (bicyclic) bond motifs is 1. The molecular formula is C25H32ClNO3. The normalized spacial score (nSPS) is 10.6. The summed E-state index contributed by atoms with van der Waals surface area (Å²) < 4.78 is 12.7. The van der Waals surface area contributed by atoms with Crippen molar-refractivity contribution in [2.75, 3.05) is 14.2 Å². The number of carbonyl (C=O) groups excluding carboxylic acids is 1. The van der Waals surface area contributed by atoms with Crippen LogP contribution in [0.25, 0.3) is 10.9 Å². The Morgan fingerprint density at radius 3 is 2.37 bits per heavy atom. The van der Waals surface area contributed by atoms with Crippen LogP contribution in [0.2, 0.25) is 0 Å². The van der Waals surface area contributed by atoms with Gasteiger partial charge in [0, 0.05) is 36.1 Å². The number of ether oxygens (including phenoxy) is 2. The summed E-state index contributed by atoms with van der Waals surface area (Å²) in [4.78, 5) is 12.6. The number of carbonyl (C=O) groups is 1. The summed E-state index contributed by atoms with van der Waals surface area (Å²) in [5, 5.41) is 1.06. The molecule has 0 spiro atoms. The maximum Gasteiger partial charge on any atom is 0.165 e. The highest BCUT2D eigenvalue weighted by atomic mass is 35.5. The summed E-state index contributed by atoms with van der Waals surface area (Å²) in [6.07, 6.45) is 9.18. The van der Waals surface area contributed by atoms with Gasteiger partial charge in [0.05, 0.1) is 14.2 Å². The molecule has 0 unspecified atom stereocenters. The Labute approximate surface area is 185 Å². The van der Waals surface area contributed by atoms with E-state index in [-0.39, 0.29) is 18.2 Å². The van der Waals surface area contributed by atoms with Crippen molar-refractivity contribution in [1.82, 2.24) is 4.57 Å². The summed E-state index contributed by atoms with van der Waals surface area (Å²) in [6.45, 7) is 0. The summed E-state index contributed by atoms with van der Waals surface area (Å²) in [5.41, 5.74) is 3.25. The number of para-hydroxylation sites is 1. The fourth-order valence-electron chi connectivity index (χ4n) is 3.88. The second-order valence-electron chi connectivity index (χ2n) is 7.55. The van der Waals surface area contributed by atoms with Gasteiger partial charge in [-0.05, 0) is 43.0 Å². The lowest BCUT2D eigenvalue weighted by Crippen LogP contribution is -1.98. The molecule has 0 saturated carbocycles. The Kier molecular flexibility index (Phi) is 9.25. The number of methoxy groups -OCH3 is 2. The van der Waals surface area contributed by atoms with Gasteiger partial charge in [-0.3, -0.25) is 4.79 Å². The number of halogens is 1. The van der Waals surface area contributed by atoms with Crippen molar-refractivity contribution < 1.29 is 14.3 Å². The van der Waals surface area contributed by atoms with E-state index in [4.69, 9.17) is 9.47 Å². The third-order valence-electron chi connectivity index (χ3n) is 5.51.